The van der Waals surface area contributed by atoms with Gasteiger partial charge in [-0.15, -0.1) is 0 Å². The topological polar surface area (TPSA) is 19.9 Å². The summed E-state index contributed by atoms with van der Waals surface area (Å²) in [4.78, 5) is 0.718. The van der Waals surface area contributed by atoms with Gasteiger partial charge < -0.3 is 0 Å². The SMILES string of the molecule is [O]C1CCC1=S. The van der Waals surface area contributed by atoms with Gasteiger partial charge in [0.25, 0.3) is 0 Å². The zero-order valence-electron chi connectivity index (χ0n) is 3.31. The van der Waals surface area contributed by atoms with Gasteiger partial charge in [0.1, 0.15) is 6.10 Å². The second-order valence-electron chi connectivity index (χ2n) is 1.49. The predicted octanol–water partition coefficient (Wildman–Crippen LogP) is 0.949. The summed E-state index contributed by atoms with van der Waals surface area (Å²) < 4.78 is 0. The molecular weight excluding hydrogens is 96.1 g/mol. The molecule has 1 nitrogen and oxygen atoms in total. The normalized spacial score (nSPS) is 32.8. The zero-order chi connectivity index (χ0) is 4.57. The van der Waals surface area contributed by atoms with Crippen molar-refractivity contribution in [1.29, 1.82) is 0 Å². The summed E-state index contributed by atoms with van der Waals surface area (Å²) in [5, 5.41) is 10.2. The average Bonchev–Trinajstić information content (AvgIpc) is 1.61. The van der Waals surface area contributed by atoms with Crippen molar-refractivity contribution in [1.82, 2.24) is 0 Å². The molecule has 33 valence electrons. The lowest BCUT2D eigenvalue weighted by atomic mass is 9.96. The van der Waals surface area contributed by atoms with Crippen LogP contribution in [0.3, 0.4) is 0 Å². The van der Waals surface area contributed by atoms with Gasteiger partial charge in [0, 0.05) is 4.86 Å². The summed E-state index contributed by atoms with van der Waals surface area (Å²) in [5.41, 5.74) is 0. The maximum absolute atomic E-state index is 10.2. The molecule has 1 aliphatic rings. The maximum atomic E-state index is 10.2. The van der Waals surface area contributed by atoms with Gasteiger partial charge >= 0.3 is 0 Å². The van der Waals surface area contributed by atoms with Gasteiger partial charge in [-0.1, -0.05) is 12.2 Å². The molecule has 1 radical (unpaired) electrons. The van der Waals surface area contributed by atoms with Gasteiger partial charge in [0.15, 0.2) is 0 Å². The van der Waals surface area contributed by atoms with E-state index in [1.54, 1.807) is 0 Å². The Morgan fingerprint density at radius 2 is 2.33 bits per heavy atom. The third-order valence-electron chi connectivity index (χ3n) is 1.01. The van der Waals surface area contributed by atoms with Crippen molar-refractivity contribution in [2.45, 2.75) is 18.9 Å². The summed E-state index contributed by atoms with van der Waals surface area (Å²) in [5.74, 6) is 0. The molecule has 0 aromatic heterocycles. The summed E-state index contributed by atoms with van der Waals surface area (Å²) in [7, 11) is 0. The Kier molecular flexibility index (Phi) is 0.898. The van der Waals surface area contributed by atoms with Gasteiger partial charge in [0.2, 0.25) is 0 Å². The largest absolute Gasteiger partial charge is 0.227 e. The average molecular weight is 101 g/mol. The highest BCUT2D eigenvalue weighted by molar-refractivity contribution is 7.80. The van der Waals surface area contributed by atoms with Crippen LogP contribution in [-0.4, -0.2) is 11.0 Å². The molecule has 0 saturated heterocycles. The van der Waals surface area contributed by atoms with Crippen LogP contribution < -0.4 is 0 Å². The lowest BCUT2D eigenvalue weighted by molar-refractivity contribution is 0.119. The second-order valence-corrected chi connectivity index (χ2v) is 2.02. The predicted molar refractivity (Wildman–Crippen MR) is 26.3 cm³/mol. The molecule has 6 heavy (non-hydrogen) atoms. The number of hydrogen-bond donors (Lipinski definition) is 0. The molecule has 1 fully saturated rings. The fourth-order valence-corrected chi connectivity index (χ4v) is 0.616. The van der Waals surface area contributed by atoms with Crippen LogP contribution in [0.4, 0.5) is 0 Å². The fourth-order valence-electron chi connectivity index (χ4n) is 0.380. The molecule has 0 spiro atoms. The van der Waals surface area contributed by atoms with E-state index < -0.39 is 6.10 Å². The first-order valence-corrected chi connectivity index (χ1v) is 2.40. The standard InChI is InChI=1S/C4H5OS/c5-3-1-2-4(3)6/h3H,1-2H2. The molecule has 0 aromatic carbocycles. The van der Waals surface area contributed by atoms with E-state index in [2.05, 4.69) is 12.2 Å². The van der Waals surface area contributed by atoms with Crippen LogP contribution in [-0.2, 0) is 5.11 Å². The van der Waals surface area contributed by atoms with Gasteiger partial charge in [0.05, 0.1) is 0 Å². The monoisotopic (exact) mass is 101 g/mol. The smallest absolute Gasteiger partial charge is 0.124 e. The van der Waals surface area contributed by atoms with Crippen LogP contribution in [0.25, 0.3) is 0 Å². The van der Waals surface area contributed by atoms with Crippen LogP contribution in [0.1, 0.15) is 12.8 Å². The number of hydrogen-bond acceptors (Lipinski definition) is 1. The summed E-state index contributed by atoms with van der Waals surface area (Å²) in [6, 6.07) is 0. The maximum Gasteiger partial charge on any atom is 0.124 e. The Labute approximate surface area is 42.0 Å². The molecular formula is C4H5OS. The molecule has 1 atom stereocenters. The highest BCUT2D eigenvalue weighted by Crippen LogP contribution is 2.15. The summed E-state index contributed by atoms with van der Waals surface area (Å²) >= 11 is 4.59. The van der Waals surface area contributed by atoms with Crippen LogP contribution in [0.2, 0.25) is 0 Å². The van der Waals surface area contributed by atoms with Crippen LogP contribution in [0, 0.1) is 0 Å². The van der Waals surface area contributed by atoms with E-state index in [0.717, 1.165) is 17.7 Å². The Bertz CT molecular complexity index is 79.6. The summed E-state index contributed by atoms with van der Waals surface area (Å²) in [6.45, 7) is 0. The Morgan fingerprint density at radius 1 is 1.83 bits per heavy atom. The molecule has 1 aliphatic carbocycles. The van der Waals surface area contributed by atoms with Crippen molar-refractivity contribution < 1.29 is 5.11 Å². The van der Waals surface area contributed by atoms with E-state index in [-0.39, 0.29) is 0 Å². The quantitative estimate of drug-likeness (QED) is 0.416. The van der Waals surface area contributed by atoms with Gasteiger partial charge in [-0.05, 0) is 12.8 Å². The Morgan fingerprint density at radius 3 is 2.33 bits per heavy atom. The lowest BCUT2D eigenvalue weighted by Crippen LogP contribution is -2.27. The first-order chi connectivity index (χ1) is 2.80. The minimum Gasteiger partial charge on any atom is -0.227 e. The van der Waals surface area contributed by atoms with Gasteiger partial charge in [-0.25, -0.2) is 5.11 Å². The molecule has 0 N–H and O–H groups in total. The van der Waals surface area contributed by atoms with Gasteiger partial charge in [-0.3, -0.25) is 0 Å². The first kappa shape index (κ1) is 4.22. The van der Waals surface area contributed by atoms with E-state index in [1.165, 1.54) is 0 Å². The molecule has 0 aliphatic heterocycles. The number of rotatable bonds is 0. The van der Waals surface area contributed by atoms with Crippen LogP contribution in [0.15, 0.2) is 0 Å². The van der Waals surface area contributed by atoms with Crippen LogP contribution >= 0.6 is 12.2 Å². The third-order valence-corrected chi connectivity index (χ3v) is 1.48. The Balaban J connectivity index is 2.39. The van der Waals surface area contributed by atoms with E-state index >= 15 is 0 Å². The van der Waals surface area contributed by atoms with Gasteiger partial charge in [-0.2, -0.15) is 0 Å². The lowest BCUT2D eigenvalue weighted by Gasteiger charge is -2.17. The van der Waals surface area contributed by atoms with E-state index in [9.17, 15) is 5.11 Å². The first-order valence-electron chi connectivity index (χ1n) is 1.99. The zero-order valence-corrected chi connectivity index (χ0v) is 4.12. The van der Waals surface area contributed by atoms with Crippen LogP contribution in [0.5, 0.6) is 0 Å². The minimum absolute atomic E-state index is 0.486. The third kappa shape index (κ3) is 0.460. The summed E-state index contributed by atoms with van der Waals surface area (Å²) in [6.07, 6.45) is 1.18. The van der Waals surface area contributed by atoms with E-state index in [0.29, 0.717) is 0 Å². The van der Waals surface area contributed by atoms with Crippen molar-refractivity contribution in [2.24, 2.45) is 0 Å². The van der Waals surface area contributed by atoms with E-state index in [4.69, 9.17) is 0 Å². The van der Waals surface area contributed by atoms with Crippen molar-refractivity contribution >= 4 is 17.1 Å². The van der Waals surface area contributed by atoms with Crippen molar-refractivity contribution in [3.05, 3.63) is 0 Å². The molecule has 2 heteroatoms. The second kappa shape index (κ2) is 1.28. The van der Waals surface area contributed by atoms with Crippen molar-refractivity contribution in [2.75, 3.05) is 0 Å². The van der Waals surface area contributed by atoms with E-state index in [1.807, 2.05) is 0 Å². The highest BCUT2D eigenvalue weighted by Gasteiger charge is 2.21. The fraction of sp³-hybridized carbons (Fsp3) is 0.750. The Hall–Kier alpha value is 0.0500. The molecule has 1 unspecified atom stereocenters. The highest BCUT2D eigenvalue weighted by atomic mass is 32.1. The van der Waals surface area contributed by atoms with Crippen molar-refractivity contribution in [3.63, 3.8) is 0 Å². The number of thiocarbonyl (C=S) groups is 1. The molecule has 1 saturated carbocycles. The molecule has 0 bridgehead atoms. The van der Waals surface area contributed by atoms with Crippen molar-refractivity contribution in [3.8, 4) is 0 Å². The molecule has 0 aromatic rings. The minimum atomic E-state index is -0.486. The molecule has 0 heterocycles. The molecule has 0 amide bonds. The molecule has 1 rings (SSSR count).